The van der Waals surface area contributed by atoms with Crippen molar-refractivity contribution in [2.45, 2.75) is 13.3 Å². The summed E-state index contributed by atoms with van der Waals surface area (Å²) in [4.78, 5) is 11.7. The lowest BCUT2D eigenvalue weighted by Gasteiger charge is -2.09. The van der Waals surface area contributed by atoms with E-state index in [-0.39, 0.29) is 5.43 Å². The zero-order valence-electron chi connectivity index (χ0n) is 8.45. The van der Waals surface area contributed by atoms with Gasteiger partial charge in [-0.3, -0.25) is 4.79 Å². The number of fused-ring (bicyclic) bond motifs is 1. The third kappa shape index (κ3) is 1.23. The van der Waals surface area contributed by atoms with Crippen molar-refractivity contribution in [3.05, 3.63) is 46.2 Å². The van der Waals surface area contributed by atoms with Gasteiger partial charge in [-0.05, 0) is 18.6 Å². The predicted octanol–water partition coefficient (Wildman–Crippen LogP) is 2.10. The van der Waals surface area contributed by atoms with Crippen LogP contribution < -0.4 is 5.43 Å². The molecule has 72 valence electrons. The van der Waals surface area contributed by atoms with Gasteiger partial charge in [0.1, 0.15) is 0 Å². The van der Waals surface area contributed by atoms with Crippen LogP contribution in [0.25, 0.3) is 10.9 Å². The Kier molecular flexibility index (Phi) is 2.12. The second-order valence-corrected chi connectivity index (χ2v) is 3.43. The van der Waals surface area contributed by atoms with Crippen LogP contribution in [-0.2, 0) is 13.5 Å². The summed E-state index contributed by atoms with van der Waals surface area (Å²) in [5, 5.41) is 0.798. The fraction of sp³-hybridized carbons (Fsp3) is 0.250. The Morgan fingerprint density at radius 2 is 2.00 bits per heavy atom. The molecule has 0 aliphatic carbocycles. The van der Waals surface area contributed by atoms with Crippen LogP contribution in [0.1, 0.15) is 12.6 Å². The first-order valence-corrected chi connectivity index (χ1v) is 4.81. The van der Waals surface area contributed by atoms with Crippen LogP contribution in [-0.4, -0.2) is 4.57 Å². The molecule has 1 aromatic carbocycles. The zero-order valence-corrected chi connectivity index (χ0v) is 8.45. The summed E-state index contributed by atoms with van der Waals surface area (Å²) in [6, 6.07) is 9.44. The van der Waals surface area contributed by atoms with Gasteiger partial charge in [0.05, 0.1) is 5.52 Å². The maximum Gasteiger partial charge on any atom is 0.189 e. The molecule has 1 heterocycles. The van der Waals surface area contributed by atoms with Gasteiger partial charge in [-0.1, -0.05) is 19.1 Å². The molecule has 0 atom stereocenters. The van der Waals surface area contributed by atoms with E-state index in [4.69, 9.17) is 0 Å². The van der Waals surface area contributed by atoms with E-state index in [9.17, 15) is 4.79 Å². The number of rotatable bonds is 1. The highest BCUT2D eigenvalue weighted by atomic mass is 16.1. The van der Waals surface area contributed by atoms with E-state index in [1.165, 1.54) is 0 Å². The molecule has 2 rings (SSSR count). The standard InChI is InChI=1S/C12H13NO/c1-3-9-8-12(14)10-6-4-5-7-11(10)13(9)2/h4-8H,3H2,1-2H3. The number of pyridine rings is 1. The van der Waals surface area contributed by atoms with E-state index < -0.39 is 0 Å². The van der Waals surface area contributed by atoms with Gasteiger partial charge in [0.15, 0.2) is 5.43 Å². The van der Waals surface area contributed by atoms with E-state index in [0.717, 1.165) is 23.0 Å². The van der Waals surface area contributed by atoms with Crippen molar-refractivity contribution in [2.75, 3.05) is 0 Å². The SMILES string of the molecule is CCc1cc(=O)c2ccccc2n1C. The zero-order chi connectivity index (χ0) is 10.1. The van der Waals surface area contributed by atoms with Crippen molar-refractivity contribution in [1.82, 2.24) is 4.57 Å². The monoisotopic (exact) mass is 187 g/mol. The highest BCUT2D eigenvalue weighted by molar-refractivity contribution is 5.79. The van der Waals surface area contributed by atoms with E-state index >= 15 is 0 Å². The summed E-state index contributed by atoms with van der Waals surface area (Å²) < 4.78 is 2.08. The third-order valence-corrected chi connectivity index (χ3v) is 2.62. The average Bonchev–Trinajstić information content (AvgIpc) is 2.23. The number of hydrogen-bond acceptors (Lipinski definition) is 1. The molecule has 0 saturated carbocycles. The smallest absolute Gasteiger partial charge is 0.189 e. The molecule has 0 spiro atoms. The molecule has 0 aliphatic rings. The van der Waals surface area contributed by atoms with Gasteiger partial charge < -0.3 is 4.57 Å². The van der Waals surface area contributed by atoms with Crippen molar-refractivity contribution >= 4 is 10.9 Å². The average molecular weight is 187 g/mol. The van der Waals surface area contributed by atoms with E-state index in [1.807, 2.05) is 31.3 Å². The summed E-state index contributed by atoms with van der Waals surface area (Å²) >= 11 is 0. The fourth-order valence-corrected chi connectivity index (χ4v) is 1.79. The van der Waals surface area contributed by atoms with Crippen LogP contribution in [0.5, 0.6) is 0 Å². The largest absolute Gasteiger partial charge is 0.347 e. The Balaban J connectivity index is 2.95. The molecule has 2 heteroatoms. The number of para-hydroxylation sites is 1. The molecule has 0 amide bonds. The van der Waals surface area contributed by atoms with Crippen LogP contribution in [0.15, 0.2) is 35.1 Å². The molecule has 0 radical (unpaired) electrons. The second kappa shape index (κ2) is 3.29. The quantitative estimate of drug-likeness (QED) is 0.670. The molecule has 0 aliphatic heterocycles. The van der Waals surface area contributed by atoms with E-state index in [0.29, 0.717) is 0 Å². The van der Waals surface area contributed by atoms with Crippen molar-refractivity contribution in [2.24, 2.45) is 7.05 Å². The van der Waals surface area contributed by atoms with Crippen LogP contribution in [0.4, 0.5) is 0 Å². The third-order valence-electron chi connectivity index (χ3n) is 2.62. The molecule has 0 fully saturated rings. The first-order chi connectivity index (χ1) is 6.74. The lowest BCUT2D eigenvalue weighted by Crippen LogP contribution is -2.10. The summed E-state index contributed by atoms with van der Waals surface area (Å²) in [7, 11) is 2.00. The van der Waals surface area contributed by atoms with Crippen LogP contribution >= 0.6 is 0 Å². The van der Waals surface area contributed by atoms with Crippen molar-refractivity contribution in [3.63, 3.8) is 0 Å². The van der Waals surface area contributed by atoms with E-state index in [2.05, 4.69) is 11.5 Å². The Bertz CT molecular complexity index is 525. The fourth-order valence-electron chi connectivity index (χ4n) is 1.79. The Morgan fingerprint density at radius 3 is 2.71 bits per heavy atom. The number of aromatic nitrogens is 1. The van der Waals surface area contributed by atoms with Gasteiger partial charge in [0.2, 0.25) is 0 Å². The molecule has 2 aromatic rings. The predicted molar refractivity (Wildman–Crippen MR) is 58.6 cm³/mol. The van der Waals surface area contributed by atoms with Gasteiger partial charge in [-0.25, -0.2) is 0 Å². The number of benzene rings is 1. The first kappa shape index (κ1) is 9.00. The summed E-state index contributed by atoms with van der Waals surface area (Å²) in [6.45, 7) is 2.06. The molecular formula is C12H13NO. The maximum absolute atomic E-state index is 11.7. The number of nitrogens with zero attached hydrogens (tertiary/aromatic N) is 1. The van der Waals surface area contributed by atoms with Crippen molar-refractivity contribution in [1.29, 1.82) is 0 Å². The number of aryl methyl sites for hydroxylation is 2. The molecule has 0 N–H and O–H groups in total. The summed E-state index contributed by atoms with van der Waals surface area (Å²) in [5.41, 5.74) is 2.21. The molecule has 0 saturated heterocycles. The first-order valence-electron chi connectivity index (χ1n) is 4.81. The highest BCUT2D eigenvalue weighted by Crippen LogP contribution is 2.11. The van der Waals surface area contributed by atoms with Gasteiger partial charge in [0.25, 0.3) is 0 Å². The van der Waals surface area contributed by atoms with E-state index in [1.54, 1.807) is 6.07 Å². The minimum absolute atomic E-state index is 0.121. The molecule has 2 nitrogen and oxygen atoms in total. The minimum Gasteiger partial charge on any atom is -0.347 e. The second-order valence-electron chi connectivity index (χ2n) is 3.43. The van der Waals surface area contributed by atoms with Gasteiger partial charge >= 0.3 is 0 Å². The Morgan fingerprint density at radius 1 is 1.29 bits per heavy atom. The Hall–Kier alpha value is -1.57. The Labute approximate surface area is 82.8 Å². The number of hydrogen-bond donors (Lipinski definition) is 0. The maximum atomic E-state index is 11.7. The van der Waals surface area contributed by atoms with Crippen molar-refractivity contribution < 1.29 is 0 Å². The van der Waals surface area contributed by atoms with Crippen LogP contribution in [0.2, 0.25) is 0 Å². The van der Waals surface area contributed by atoms with Gasteiger partial charge in [0, 0.05) is 24.2 Å². The topological polar surface area (TPSA) is 22.0 Å². The minimum atomic E-state index is 0.121. The molecule has 0 unspecified atom stereocenters. The summed E-state index contributed by atoms with van der Waals surface area (Å²) in [6.07, 6.45) is 0.885. The lowest BCUT2D eigenvalue weighted by atomic mass is 10.1. The van der Waals surface area contributed by atoms with Crippen LogP contribution in [0.3, 0.4) is 0 Å². The van der Waals surface area contributed by atoms with Gasteiger partial charge in [-0.15, -0.1) is 0 Å². The highest BCUT2D eigenvalue weighted by Gasteiger charge is 2.03. The molecule has 0 bridgehead atoms. The summed E-state index contributed by atoms with van der Waals surface area (Å²) in [5.74, 6) is 0. The van der Waals surface area contributed by atoms with Crippen molar-refractivity contribution in [3.8, 4) is 0 Å². The molecule has 14 heavy (non-hydrogen) atoms. The lowest BCUT2D eigenvalue weighted by molar-refractivity contribution is 0.847. The molecule has 1 aromatic heterocycles. The van der Waals surface area contributed by atoms with Gasteiger partial charge in [-0.2, -0.15) is 0 Å². The van der Waals surface area contributed by atoms with Crippen LogP contribution in [0, 0.1) is 0 Å². The normalized spacial score (nSPS) is 10.7. The molecular weight excluding hydrogens is 174 g/mol.